The topological polar surface area (TPSA) is 34.5 Å². The van der Waals surface area contributed by atoms with Crippen LogP contribution >= 0.6 is 0 Å². The van der Waals surface area contributed by atoms with E-state index in [4.69, 9.17) is 4.74 Å². The van der Waals surface area contributed by atoms with E-state index < -0.39 is 0 Å². The zero-order chi connectivity index (χ0) is 17.2. The van der Waals surface area contributed by atoms with Crippen molar-refractivity contribution in [3.8, 4) is 0 Å². The van der Waals surface area contributed by atoms with Gasteiger partial charge in [0.05, 0.1) is 18.2 Å². The molecule has 0 N–H and O–H groups in total. The molecule has 128 valence electrons. The Morgan fingerprint density at radius 1 is 1.12 bits per heavy atom. The predicted molar refractivity (Wildman–Crippen MR) is 94.1 cm³/mol. The molecule has 1 saturated heterocycles. The molecular formula is C20H19FN2O2. The van der Waals surface area contributed by atoms with Gasteiger partial charge in [-0.25, -0.2) is 9.18 Å². The van der Waals surface area contributed by atoms with Crippen molar-refractivity contribution in [2.45, 2.75) is 12.5 Å². The number of benzene rings is 2. The minimum Gasteiger partial charge on any atom is -0.374 e. The van der Waals surface area contributed by atoms with E-state index in [-0.39, 0.29) is 18.0 Å². The van der Waals surface area contributed by atoms with E-state index >= 15 is 0 Å². The molecule has 0 bridgehead atoms. The molecule has 0 radical (unpaired) electrons. The highest BCUT2D eigenvalue weighted by atomic mass is 19.1. The lowest BCUT2D eigenvalue weighted by atomic mass is 10.1. The molecule has 0 aliphatic carbocycles. The Morgan fingerprint density at radius 3 is 2.76 bits per heavy atom. The highest BCUT2D eigenvalue weighted by molar-refractivity contribution is 5.91. The van der Waals surface area contributed by atoms with Crippen molar-refractivity contribution in [3.63, 3.8) is 0 Å². The Morgan fingerprint density at radius 2 is 1.92 bits per heavy atom. The van der Waals surface area contributed by atoms with Gasteiger partial charge < -0.3 is 9.64 Å². The first-order valence-electron chi connectivity index (χ1n) is 8.42. The summed E-state index contributed by atoms with van der Waals surface area (Å²) < 4.78 is 20.5. The van der Waals surface area contributed by atoms with Crippen LogP contribution in [0.3, 0.4) is 0 Å². The number of carbonyl (C=O) groups is 1. The number of hydrogen-bond acceptors (Lipinski definition) is 2. The van der Waals surface area contributed by atoms with Gasteiger partial charge in [-0.15, -0.1) is 0 Å². The highest BCUT2D eigenvalue weighted by Crippen LogP contribution is 2.18. The van der Waals surface area contributed by atoms with Crippen LogP contribution in [0.1, 0.15) is 5.56 Å². The van der Waals surface area contributed by atoms with E-state index in [1.165, 1.54) is 12.1 Å². The number of ether oxygens (including phenoxy) is 1. The lowest BCUT2D eigenvalue weighted by Gasteiger charge is -2.33. The molecule has 1 aliphatic rings. The summed E-state index contributed by atoms with van der Waals surface area (Å²) in [6.07, 6.45) is 2.40. The number of morpholine rings is 1. The maximum atomic E-state index is 13.0. The lowest BCUT2D eigenvalue weighted by molar-refractivity contribution is -0.0129. The Kier molecular flexibility index (Phi) is 4.24. The fourth-order valence-electron chi connectivity index (χ4n) is 3.30. The normalized spacial score (nSPS) is 17.8. The summed E-state index contributed by atoms with van der Waals surface area (Å²) in [6.45, 7) is 1.62. The smallest absolute Gasteiger partial charge is 0.328 e. The first-order valence-corrected chi connectivity index (χ1v) is 8.42. The quantitative estimate of drug-likeness (QED) is 0.714. The Hall–Kier alpha value is -2.66. The van der Waals surface area contributed by atoms with E-state index in [0.29, 0.717) is 26.1 Å². The van der Waals surface area contributed by atoms with E-state index in [1.54, 1.807) is 16.7 Å². The van der Waals surface area contributed by atoms with Crippen molar-refractivity contribution in [1.82, 2.24) is 9.47 Å². The van der Waals surface area contributed by atoms with E-state index in [1.807, 2.05) is 41.4 Å². The van der Waals surface area contributed by atoms with Gasteiger partial charge in [0.25, 0.3) is 0 Å². The van der Waals surface area contributed by atoms with Gasteiger partial charge in [0.2, 0.25) is 0 Å². The fraction of sp³-hybridized carbons (Fsp3) is 0.250. The van der Waals surface area contributed by atoms with Gasteiger partial charge in [0.1, 0.15) is 5.82 Å². The van der Waals surface area contributed by atoms with Gasteiger partial charge >= 0.3 is 6.03 Å². The van der Waals surface area contributed by atoms with E-state index in [0.717, 1.165) is 16.5 Å². The second-order valence-corrected chi connectivity index (χ2v) is 6.30. The van der Waals surface area contributed by atoms with Crippen molar-refractivity contribution >= 4 is 16.9 Å². The summed E-state index contributed by atoms with van der Waals surface area (Å²) in [6, 6.07) is 16.2. The van der Waals surface area contributed by atoms with Gasteiger partial charge in [-0.2, -0.15) is 0 Å². The molecule has 2 heterocycles. The zero-order valence-corrected chi connectivity index (χ0v) is 13.8. The Labute approximate surface area is 145 Å². The van der Waals surface area contributed by atoms with E-state index in [2.05, 4.69) is 0 Å². The first kappa shape index (κ1) is 15.8. The molecule has 0 spiro atoms. The van der Waals surface area contributed by atoms with Crippen LogP contribution in [0.25, 0.3) is 10.9 Å². The van der Waals surface area contributed by atoms with Crippen molar-refractivity contribution in [2.24, 2.45) is 0 Å². The number of amides is 1. The molecule has 1 amide bonds. The van der Waals surface area contributed by atoms with Crippen molar-refractivity contribution in [1.29, 1.82) is 0 Å². The first-order chi connectivity index (χ1) is 12.2. The highest BCUT2D eigenvalue weighted by Gasteiger charge is 2.25. The van der Waals surface area contributed by atoms with Crippen LogP contribution in [0.15, 0.2) is 60.8 Å². The van der Waals surface area contributed by atoms with Crippen molar-refractivity contribution in [3.05, 3.63) is 72.2 Å². The molecule has 5 heteroatoms. The molecule has 2 aromatic carbocycles. The third kappa shape index (κ3) is 3.28. The molecule has 0 saturated carbocycles. The average molecular weight is 338 g/mol. The van der Waals surface area contributed by atoms with Crippen LogP contribution in [-0.2, 0) is 11.2 Å². The van der Waals surface area contributed by atoms with Crippen LogP contribution in [0, 0.1) is 5.82 Å². The molecule has 1 fully saturated rings. The monoisotopic (exact) mass is 338 g/mol. The third-order valence-corrected chi connectivity index (χ3v) is 4.59. The number of fused-ring (bicyclic) bond motifs is 1. The summed E-state index contributed by atoms with van der Waals surface area (Å²) >= 11 is 0. The van der Waals surface area contributed by atoms with Gasteiger partial charge in [-0.1, -0.05) is 30.3 Å². The Bertz CT molecular complexity index is 888. The fourth-order valence-corrected chi connectivity index (χ4v) is 3.30. The summed E-state index contributed by atoms with van der Waals surface area (Å²) in [5.41, 5.74) is 1.92. The van der Waals surface area contributed by atoms with Crippen LogP contribution in [-0.4, -0.2) is 41.3 Å². The molecule has 1 aromatic heterocycles. The maximum Gasteiger partial charge on any atom is 0.328 e. The number of aromatic nitrogens is 1. The molecule has 1 unspecified atom stereocenters. The minimum atomic E-state index is -0.246. The van der Waals surface area contributed by atoms with Gasteiger partial charge in [-0.3, -0.25) is 4.57 Å². The minimum absolute atomic E-state index is 0.0337. The summed E-state index contributed by atoms with van der Waals surface area (Å²) in [4.78, 5) is 14.7. The number of carbonyl (C=O) groups excluding carboxylic acids is 1. The Balaban J connectivity index is 1.49. The number of nitrogens with zero attached hydrogens (tertiary/aromatic N) is 2. The average Bonchev–Trinajstić information content (AvgIpc) is 3.07. The maximum absolute atomic E-state index is 13.0. The molecule has 3 aromatic rings. The van der Waals surface area contributed by atoms with Crippen molar-refractivity contribution < 1.29 is 13.9 Å². The summed E-state index contributed by atoms with van der Waals surface area (Å²) in [7, 11) is 0. The van der Waals surface area contributed by atoms with Gasteiger partial charge in [-0.05, 0) is 29.8 Å². The third-order valence-electron chi connectivity index (χ3n) is 4.59. The predicted octanol–water partition coefficient (Wildman–Crippen LogP) is 3.69. The largest absolute Gasteiger partial charge is 0.374 e. The molecule has 1 aliphatic heterocycles. The summed E-state index contributed by atoms with van der Waals surface area (Å²) in [5, 5.41) is 1.05. The molecule has 4 nitrogen and oxygen atoms in total. The molecule has 4 rings (SSSR count). The van der Waals surface area contributed by atoms with Crippen LogP contribution in [0.5, 0.6) is 0 Å². The molecule has 25 heavy (non-hydrogen) atoms. The molecular weight excluding hydrogens is 319 g/mol. The number of rotatable bonds is 2. The van der Waals surface area contributed by atoms with Gasteiger partial charge in [0.15, 0.2) is 0 Å². The van der Waals surface area contributed by atoms with Crippen molar-refractivity contribution in [2.75, 3.05) is 19.7 Å². The second-order valence-electron chi connectivity index (χ2n) is 6.30. The van der Waals surface area contributed by atoms with Gasteiger partial charge in [0, 0.05) is 31.1 Å². The van der Waals surface area contributed by atoms with Crippen LogP contribution in [0.4, 0.5) is 9.18 Å². The number of halogens is 1. The van der Waals surface area contributed by atoms with E-state index in [9.17, 15) is 9.18 Å². The molecule has 1 atom stereocenters. The number of para-hydroxylation sites is 1. The zero-order valence-electron chi connectivity index (χ0n) is 13.8. The van der Waals surface area contributed by atoms with Crippen LogP contribution < -0.4 is 0 Å². The number of hydrogen-bond donors (Lipinski definition) is 0. The summed E-state index contributed by atoms with van der Waals surface area (Å²) in [5.74, 6) is -0.246. The van der Waals surface area contributed by atoms with Crippen LogP contribution in [0.2, 0.25) is 0 Å². The SMILES string of the molecule is O=C(N1CCOC(Cc2ccc(F)cc2)C1)n1ccc2ccccc21. The standard InChI is InChI=1S/C20H19FN2O2/c21-17-7-5-15(6-8-17)13-18-14-22(11-12-25-18)20(24)23-10-9-16-3-1-2-4-19(16)23/h1-10,18H,11-14H2. The second kappa shape index (κ2) is 6.69. The lowest BCUT2D eigenvalue weighted by Crippen LogP contribution is -2.47.